The number of carbonyl (C=O) groups is 1. The Labute approximate surface area is 171 Å². The molecule has 7 nitrogen and oxygen atoms in total. The van der Waals surface area contributed by atoms with Crippen molar-refractivity contribution in [1.29, 1.82) is 0 Å². The van der Waals surface area contributed by atoms with Gasteiger partial charge in [-0.15, -0.1) is 0 Å². The first-order valence-corrected chi connectivity index (χ1v) is 10.3. The van der Waals surface area contributed by atoms with Gasteiger partial charge in [0.25, 0.3) is 5.91 Å². The molecule has 0 aliphatic carbocycles. The minimum Gasteiger partial charge on any atom is -0.329 e. The Balaban J connectivity index is 1.74. The van der Waals surface area contributed by atoms with Gasteiger partial charge in [0, 0.05) is 37.1 Å². The number of nitrogens with one attached hydrogen (secondary N) is 1. The van der Waals surface area contributed by atoms with Crippen molar-refractivity contribution in [3.63, 3.8) is 0 Å². The number of aromatic nitrogens is 5. The highest BCUT2D eigenvalue weighted by Gasteiger charge is 2.34. The number of rotatable bonds is 4. The minimum absolute atomic E-state index is 0.0271. The maximum Gasteiger partial charge on any atom is 0.272 e. The first-order valence-electron chi connectivity index (χ1n) is 10.3. The monoisotopic (exact) mass is 392 g/mol. The fourth-order valence-electron chi connectivity index (χ4n) is 4.47. The van der Waals surface area contributed by atoms with E-state index in [1.54, 1.807) is 10.9 Å². The van der Waals surface area contributed by atoms with Crippen molar-refractivity contribution in [2.75, 3.05) is 6.54 Å². The van der Waals surface area contributed by atoms with E-state index < -0.39 is 0 Å². The second-order valence-corrected chi connectivity index (χ2v) is 7.80. The van der Waals surface area contributed by atoms with E-state index in [0.717, 1.165) is 65.9 Å². The lowest BCUT2D eigenvalue weighted by Gasteiger charge is -2.36. The van der Waals surface area contributed by atoms with E-state index in [0.29, 0.717) is 5.69 Å². The lowest BCUT2D eigenvalue weighted by atomic mass is 9.93. The predicted octanol–water partition coefficient (Wildman–Crippen LogP) is 3.75. The zero-order valence-corrected chi connectivity index (χ0v) is 17.6. The summed E-state index contributed by atoms with van der Waals surface area (Å²) in [5, 5.41) is 12.1. The molecule has 1 atom stereocenters. The van der Waals surface area contributed by atoms with Crippen LogP contribution in [-0.4, -0.2) is 42.3 Å². The van der Waals surface area contributed by atoms with Gasteiger partial charge >= 0.3 is 0 Å². The number of nitrogens with zero attached hydrogens (tertiary/aromatic N) is 5. The number of hydrogen-bond acceptors (Lipinski definition) is 4. The Morgan fingerprint density at radius 1 is 1.24 bits per heavy atom. The maximum absolute atomic E-state index is 13.6. The van der Waals surface area contributed by atoms with Crippen molar-refractivity contribution in [3.8, 4) is 11.1 Å². The first-order chi connectivity index (χ1) is 14.0. The van der Waals surface area contributed by atoms with E-state index in [1.807, 2.05) is 44.3 Å². The Kier molecular flexibility index (Phi) is 5.22. The highest BCUT2D eigenvalue weighted by molar-refractivity contribution is 5.94. The van der Waals surface area contributed by atoms with E-state index in [-0.39, 0.29) is 11.9 Å². The van der Waals surface area contributed by atoms with Crippen molar-refractivity contribution < 1.29 is 4.79 Å². The number of likely N-dealkylation sites (tertiary alicyclic amines) is 1. The van der Waals surface area contributed by atoms with Crippen LogP contribution in [0.2, 0.25) is 0 Å². The largest absolute Gasteiger partial charge is 0.329 e. The number of H-pyrrole nitrogens is 1. The Hall–Kier alpha value is -2.96. The molecule has 3 aromatic heterocycles. The van der Waals surface area contributed by atoms with E-state index in [9.17, 15) is 4.79 Å². The van der Waals surface area contributed by atoms with Gasteiger partial charge in [-0.1, -0.05) is 6.92 Å². The Morgan fingerprint density at radius 2 is 2.07 bits per heavy atom. The number of amides is 1. The van der Waals surface area contributed by atoms with Crippen molar-refractivity contribution in [1.82, 2.24) is 29.9 Å². The minimum atomic E-state index is -0.0271. The lowest BCUT2D eigenvalue weighted by molar-refractivity contribution is 0.0594. The number of carbonyl (C=O) groups excluding carboxylic acids is 1. The molecule has 0 aromatic carbocycles. The van der Waals surface area contributed by atoms with Crippen LogP contribution in [0.25, 0.3) is 11.1 Å². The van der Waals surface area contributed by atoms with Gasteiger partial charge in [0.2, 0.25) is 0 Å². The molecule has 152 valence electrons. The van der Waals surface area contributed by atoms with E-state index >= 15 is 0 Å². The maximum atomic E-state index is 13.6. The molecule has 0 spiro atoms. The van der Waals surface area contributed by atoms with Crippen molar-refractivity contribution >= 4 is 5.91 Å². The molecule has 29 heavy (non-hydrogen) atoms. The molecule has 7 heteroatoms. The third-order valence-corrected chi connectivity index (χ3v) is 6.00. The summed E-state index contributed by atoms with van der Waals surface area (Å²) in [6.07, 6.45) is 9.37. The Morgan fingerprint density at radius 3 is 2.79 bits per heavy atom. The highest BCUT2D eigenvalue weighted by Crippen LogP contribution is 2.37. The summed E-state index contributed by atoms with van der Waals surface area (Å²) in [6.45, 7) is 6.86. The van der Waals surface area contributed by atoms with E-state index in [4.69, 9.17) is 0 Å². The molecule has 1 aliphatic heterocycles. The zero-order valence-electron chi connectivity index (χ0n) is 17.6. The van der Waals surface area contributed by atoms with E-state index in [2.05, 4.69) is 27.2 Å². The van der Waals surface area contributed by atoms with Crippen LogP contribution >= 0.6 is 0 Å². The molecule has 1 unspecified atom stereocenters. The average Bonchev–Trinajstić information content (AvgIpc) is 3.32. The lowest BCUT2D eigenvalue weighted by Crippen LogP contribution is -2.40. The molecule has 4 heterocycles. The number of aromatic amines is 1. The molecule has 0 radical (unpaired) electrons. The van der Waals surface area contributed by atoms with Gasteiger partial charge in [0.15, 0.2) is 0 Å². The van der Waals surface area contributed by atoms with Crippen molar-refractivity contribution in [2.45, 2.75) is 52.5 Å². The second-order valence-electron chi connectivity index (χ2n) is 7.80. The summed E-state index contributed by atoms with van der Waals surface area (Å²) < 4.78 is 1.74. The number of piperidine rings is 1. The molecule has 3 aromatic rings. The number of hydrogen-bond donors (Lipinski definition) is 1. The molecule has 1 aliphatic rings. The van der Waals surface area contributed by atoms with Crippen molar-refractivity contribution in [2.24, 2.45) is 7.05 Å². The van der Waals surface area contributed by atoms with Crippen LogP contribution in [0.4, 0.5) is 0 Å². The highest BCUT2D eigenvalue weighted by atomic mass is 16.2. The normalized spacial score (nSPS) is 17.0. The van der Waals surface area contributed by atoms with Crippen LogP contribution in [0, 0.1) is 13.8 Å². The molecular weight excluding hydrogens is 364 g/mol. The van der Waals surface area contributed by atoms with E-state index in [1.165, 1.54) is 0 Å². The standard InChI is InChI=1S/C22H28N6O/c1-5-18-15(3)21(27(4)26-18)22(29)28-11-7-6-8-19(28)20-17(13-24-25-20)16-9-10-23-12-14(16)2/h9-10,12-13,19H,5-8,11H2,1-4H3,(H,24,25). The summed E-state index contributed by atoms with van der Waals surface area (Å²) in [7, 11) is 1.86. The van der Waals surface area contributed by atoms with Crippen LogP contribution in [0.1, 0.15) is 65.2 Å². The number of aryl methyl sites for hydroxylation is 3. The molecular formula is C22H28N6O. The zero-order chi connectivity index (χ0) is 20.5. The van der Waals surface area contributed by atoms with Gasteiger partial charge in [0.1, 0.15) is 5.69 Å². The molecule has 1 fully saturated rings. The first kappa shape index (κ1) is 19.4. The van der Waals surface area contributed by atoms with Gasteiger partial charge in [-0.2, -0.15) is 10.2 Å². The summed E-state index contributed by atoms with van der Waals surface area (Å²) in [4.78, 5) is 19.8. The molecule has 4 rings (SSSR count). The molecule has 0 saturated carbocycles. The van der Waals surface area contributed by atoms with Gasteiger partial charge in [0.05, 0.1) is 23.6 Å². The van der Waals surface area contributed by atoms with Gasteiger partial charge in [-0.25, -0.2) is 0 Å². The summed E-state index contributed by atoms with van der Waals surface area (Å²) in [5.74, 6) is 0.0499. The fourth-order valence-corrected chi connectivity index (χ4v) is 4.47. The SMILES string of the molecule is CCc1nn(C)c(C(=O)N2CCCCC2c2[nH]ncc2-c2ccncc2C)c1C. The third-order valence-electron chi connectivity index (χ3n) is 6.00. The van der Waals surface area contributed by atoms with Gasteiger partial charge in [-0.3, -0.25) is 19.6 Å². The van der Waals surface area contributed by atoms with Crippen LogP contribution in [0.15, 0.2) is 24.7 Å². The number of pyridine rings is 1. The van der Waals surface area contributed by atoms with Crippen LogP contribution in [-0.2, 0) is 13.5 Å². The third kappa shape index (κ3) is 3.34. The predicted molar refractivity (Wildman–Crippen MR) is 112 cm³/mol. The second kappa shape index (κ2) is 7.81. The van der Waals surface area contributed by atoms with Gasteiger partial charge < -0.3 is 4.90 Å². The molecule has 1 saturated heterocycles. The summed E-state index contributed by atoms with van der Waals surface area (Å²) in [6, 6.07) is 1.98. The molecule has 1 amide bonds. The summed E-state index contributed by atoms with van der Waals surface area (Å²) in [5.41, 5.74) is 6.91. The Bertz CT molecular complexity index is 1030. The summed E-state index contributed by atoms with van der Waals surface area (Å²) >= 11 is 0. The molecule has 0 bridgehead atoms. The van der Waals surface area contributed by atoms with Gasteiger partial charge in [-0.05, 0) is 56.7 Å². The smallest absolute Gasteiger partial charge is 0.272 e. The quantitative estimate of drug-likeness (QED) is 0.733. The fraction of sp³-hybridized carbons (Fsp3) is 0.455. The van der Waals surface area contributed by atoms with Crippen molar-refractivity contribution in [3.05, 3.63) is 52.9 Å². The molecule has 1 N–H and O–H groups in total. The van der Waals surface area contributed by atoms with Crippen LogP contribution in [0.3, 0.4) is 0 Å². The van der Waals surface area contributed by atoms with Crippen LogP contribution < -0.4 is 0 Å². The topological polar surface area (TPSA) is 79.7 Å². The average molecular weight is 393 g/mol. The van der Waals surface area contributed by atoms with Crippen LogP contribution in [0.5, 0.6) is 0 Å².